The summed E-state index contributed by atoms with van der Waals surface area (Å²) in [6.07, 6.45) is 3.35. The molecule has 0 amide bonds. The molecule has 40 heavy (non-hydrogen) atoms. The lowest BCUT2D eigenvalue weighted by atomic mass is 10.2. The molecular formula is C29H38ClN5O5. The maximum Gasteiger partial charge on any atom is 0.145 e. The number of fused-ring (bicyclic) bond motifs is 1. The van der Waals surface area contributed by atoms with Gasteiger partial charge in [0.05, 0.1) is 68.4 Å². The van der Waals surface area contributed by atoms with Crippen molar-refractivity contribution in [1.29, 1.82) is 0 Å². The van der Waals surface area contributed by atoms with Crippen molar-refractivity contribution in [3.8, 4) is 17.2 Å². The molecule has 2 fully saturated rings. The number of morpholine rings is 2. The summed E-state index contributed by atoms with van der Waals surface area (Å²) in [5.74, 6) is 2.69. The Balaban J connectivity index is 1.32. The van der Waals surface area contributed by atoms with E-state index in [1.54, 1.807) is 13.2 Å². The molecule has 1 aromatic heterocycles. The standard InChI is InChI=1S/C29H38ClN5O5/c1-36-22-4-5-24(30)25(18-22)33-29-28-26(31-21-32-29)19-23(39-12-2-6-34-8-14-37-15-9-34)20-27(28)40-13-3-7-35-10-16-38-17-11-35/h4-5,18-21H,2-3,6-17H2,1H3,(H,31,32,33). The van der Waals surface area contributed by atoms with Crippen molar-refractivity contribution in [2.45, 2.75) is 12.8 Å². The second kappa shape index (κ2) is 14.7. The minimum absolute atomic E-state index is 0.556. The summed E-state index contributed by atoms with van der Waals surface area (Å²) in [5, 5.41) is 4.69. The first-order valence-electron chi connectivity index (χ1n) is 13.9. The number of ether oxygens (including phenoxy) is 5. The van der Waals surface area contributed by atoms with Crippen LogP contribution in [0.3, 0.4) is 0 Å². The molecule has 0 unspecified atom stereocenters. The van der Waals surface area contributed by atoms with Crippen molar-refractivity contribution < 1.29 is 23.7 Å². The van der Waals surface area contributed by atoms with Crippen molar-refractivity contribution in [3.05, 3.63) is 41.7 Å². The number of hydrogen-bond donors (Lipinski definition) is 1. The molecule has 3 heterocycles. The van der Waals surface area contributed by atoms with Crippen LogP contribution in [0.15, 0.2) is 36.7 Å². The van der Waals surface area contributed by atoms with E-state index in [0.29, 0.717) is 41.2 Å². The lowest BCUT2D eigenvalue weighted by Gasteiger charge is -2.26. The van der Waals surface area contributed by atoms with Crippen LogP contribution in [0.1, 0.15) is 12.8 Å². The van der Waals surface area contributed by atoms with Gasteiger partial charge in [-0.15, -0.1) is 0 Å². The zero-order valence-corrected chi connectivity index (χ0v) is 23.8. The second-order valence-electron chi connectivity index (χ2n) is 9.82. The number of anilines is 2. The van der Waals surface area contributed by atoms with Gasteiger partial charge in [-0.2, -0.15) is 0 Å². The number of methoxy groups -OCH3 is 1. The highest BCUT2D eigenvalue weighted by Gasteiger charge is 2.16. The Morgan fingerprint density at radius 3 is 2.20 bits per heavy atom. The number of nitrogens with one attached hydrogen (secondary N) is 1. The van der Waals surface area contributed by atoms with Crippen LogP contribution in [-0.2, 0) is 9.47 Å². The Morgan fingerprint density at radius 1 is 0.850 bits per heavy atom. The van der Waals surface area contributed by atoms with Crippen molar-refractivity contribution in [3.63, 3.8) is 0 Å². The van der Waals surface area contributed by atoms with Gasteiger partial charge in [-0.05, 0) is 25.0 Å². The number of aromatic nitrogens is 2. The molecule has 5 rings (SSSR count). The quantitative estimate of drug-likeness (QED) is 0.300. The second-order valence-corrected chi connectivity index (χ2v) is 10.2. The summed E-state index contributed by atoms with van der Waals surface area (Å²) in [4.78, 5) is 13.9. The van der Waals surface area contributed by atoms with Crippen LogP contribution < -0.4 is 19.5 Å². The van der Waals surface area contributed by atoms with Gasteiger partial charge in [0.25, 0.3) is 0 Å². The number of hydrogen-bond acceptors (Lipinski definition) is 10. The van der Waals surface area contributed by atoms with Gasteiger partial charge in [0, 0.05) is 57.5 Å². The molecule has 0 radical (unpaired) electrons. The van der Waals surface area contributed by atoms with E-state index in [1.165, 1.54) is 6.33 Å². The van der Waals surface area contributed by atoms with Gasteiger partial charge in [-0.1, -0.05) is 11.6 Å². The molecule has 216 valence electrons. The van der Waals surface area contributed by atoms with Gasteiger partial charge in [-0.25, -0.2) is 9.97 Å². The van der Waals surface area contributed by atoms with Gasteiger partial charge < -0.3 is 29.0 Å². The molecule has 0 atom stereocenters. The molecule has 0 bridgehead atoms. The van der Waals surface area contributed by atoms with Crippen LogP contribution >= 0.6 is 11.6 Å². The third kappa shape index (κ3) is 7.86. The minimum Gasteiger partial charge on any atom is -0.497 e. The smallest absolute Gasteiger partial charge is 0.145 e. The largest absolute Gasteiger partial charge is 0.497 e. The van der Waals surface area contributed by atoms with E-state index in [9.17, 15) is 0 Å². The zero-order chi connectivity index (χ0) is 27.6. The Bertz CT molecular complexity index is 1240. The third-order valence-corrected chi connectivity index (χ3v) is 7.40. The number of rotatable bonds is 13. The molecule has 2 aliphatic heterocycles. The van der Waals surface area contributed by atoms with Gasteiger partial charge in [0.15, 0.2) is 0 Å². The lowest BCUT2D eigenvalue weighted by molar-refractivity contribution is 0.0357. The Morgan fingerprint density at radius 2 is 1.52 bits per heavy atom. The van der Waals surface area contributed by atoms with E-state index < -0.39 is 0 Å². The normalized spacial score (nSPS) is 16.6. The van der Waals surface area contributed by atoms with Crippen LogP contribution in [0.5, 0.6) is 17.2 Å². The topological polar surface area (TPSA) is 90.4 Å². The van der Waals surface area contributed by atoms with Crippen LogP contribution in [0.4, 0.5) is 11.5 Å². The Labute approximate surface area is 240 Å². The highest BCUT2D eigenvalue weighted by Crippen LogP contribution is 2.37. The van der Waals surface area contributed by atoms with Crippen LogP contribution in [0, 0.1) is 0 Å². The first-order chi connectivity index (χ1) is 19.7. The molecule has 2 saturated heterocycles. The van der Waals surface area contributed by atoms with E-state index in [-0.39, 0.29) is 0 Å². The molecule has 0 saturated carbocycles. The highest BCUT2D eigenvalue weighted by molar-refractivity contribution is 6.33. The fraction of sp³-hybridized carbons (Fsp3) is 0.517. The Hall–Kier alpha value is -2.89. The minimum atomic E-state index is 0.556. The monoisotopic (exact) mass is 571 g/mol. The van der Waals surface area contributed by atoms with Gasteiger partial charge in [-0.3, -0.25) is 9.80 Å². The maximum absolute atomic E-state index is 6.49. The number of halogens is 1. The van der Waals surface area contributed by atoms with E-state index in [4.69, 9.17) is 35.3 Å². The summed E-state index contributed by atoms with van der Waals surface area (Å²) in [5.41, 5.74) is 1.41. The predicted octanol–water partition coefficient (Wildman–Crippen LogP) is 4.24. The molecule has 3 aromatic rings. The molecule has 10 nitrogen and oxygen atoms in total. The SMILES string of the molecule is COc1ccc(Cl)c(Nc2ncnc3cc(OCCCN4CCOCC4)cc(OCCCN4CCOCC4)c23)c1. The van der Waals surface area contributed by atoms with E-state index >= 15 is 0 Å². The molecule has 0 spiro atoms. The average molecular weight is 572 g/mol. The summed E-state index contributed by atoms with van der Waals surface area (Å²) >= 11 is 6.49. The number of benzene rings is 2. The summed E-state index contributed by atoms with van der Waals surface area (Å²) in [6, 6.07) is 9.32. The molecular weight excluding hydrogens is 534 g/mol. The van der Waals surface area contributed by atoms with E-state index in [2.05, 4.69) is 25.1 Å². The van der Waals surface area contributed by atoms with Gasteiger partial charge in [0.1, 0.15) is 29.4 Å². The summed E-state index contributed by atoms with van der Waals surface area (Å²) in [6.45, 7) is 10.1. The summed E-state index contributed by atoms with van der Waals surface area (Å²) in [7, 11) is 1.62. The average Bonchev–Trinajstić information content (AvgIpc) is 2.99. The zero-order valence-electron chi connectivity index (χ0n) is 23.1. The molecule has 11 heteroatoms. The van der Waals surface area contributed by atoms with Crippen molar-refractivity contribution >= 4 is 34.0 Å². The highest BCUT2D eigenvalue weighted by atomic mass is 35.5. The fourth-order valence-electron chi connectivity index (χ4n) is 4.87. The molecule has 2 aliphatic rings. The van der Waals surface area contributed by atoms with Crippen molar-refractivity contribution in [2.75, 3.05) is 91.3 Å². The van der Waals surface area contributed by atoms with Crippen LogP contribution in [0.25, 0.3) is 10.9 Å². The maximum atomic E-state index is 6.49. The molecule has 0 aliphatic carbocycles. The summed E-state index contributed by atoms with van der Waals surface area (Å²) < 4.78 is 28.8. The van der Waals surface area contributed by atoms with Crippen LogP contribution in [-0.4, -0.2) is 106 Å². The number of nitrogens with zero attached hydrogens (tertiary/aromatic N) is 4. The van der Waals surface area contributed by atoms with Crippen LogP contribution in [0.2, 0.25) is 5.02 Å². The van der Waals surface area contributed by atoms with Gasteiger partial charge >= 0.3 is 0 Å². The Kier molecular flexibility index (Phi) is 10.5. The van der Waals surface area contributed by atoms with Gasteiger partial charge in [0.2, 0.25) is 0 Å². The first-order valence-corrected chi connectivity index (χ1v) is 14.3. The van der Waals surface area contributed by atoms with Crippen molar-refractivity contribution in [2.24, 2.45) is 0 Å². The first kappa shape index (κ1) is 28.6. The van der Waals surface area contributed by atoms with E-state index in [1.807, 2.05) is 24.3 Å². The fourth-order valence-corrected chi connectivity index (χ4v) is 5.04. The van der Waals surface area contributed by atoms with Crippen molar-refractivity contribution in [1.82, 2.24) is 19.8 Å². The molecule has 2 aromatic carbocycles. The molecule has 1 N–H and O–H groups in total. The third-order valence-electron chi connectivity index (χ3n) is 7.07. The van der Waals surface area contributed by atoms with E-state index in [0.717, 1.165) is 95.2 Å². The lowest BCUT2D eigenvalue weighted by Crippen LogP contribution is -2.37. The predicted molar refractivity (Wildman–Crippen MR) is 156 cm³/mol.